The number of hydrogen-bond acceptors (Lipinski definition) is 5. The van der Waals surface area contributed by atoms with Gasteiger partial charge in [0, 0.05) is 21.9 Å². The highest BCUT2D eigenvalue weighted by molar-refractivity contribution is 8.00. The second-order valence-electron chi connectivity index (χ2n) is 6.83. The zero-order valence-electron chi connectivity index (χ0n) is 15.1. The molecule has 1 fully saturated rings. The fourth-order valence-corrected chi connectivity index (χ4v) is 4.82. The van der Waals surface area contributed by atoms with Crippen LogP contribution in [0.3, 0.4) is 0 Å². The first kappa shape index (κ1) is 17.5. The van der Waals surface area contributed by atoms with Gasteiger partial charge in [0.15, 0.2) is 0 Å². The molecule has 4 rings (SSSR count). The molecule has 1 saturated carbocycles. The van der Waals surface area contributed by atoms with E-state index >= 15 is 0 Å². The van der Waals surface area contributed by atoms with Gasteiger partial charge in [-0.25, -0.2) is 9.97 Å². The number of nitrogens with zero attached hydrogens (tertiary/aromatic N) is 2. The highest BCUT2D eigenvalue weighted by Crippen LogP contribution is 2.42. The van der Waals surface area contributed by atoms with Crippen molar-refractivity contribution in [2.24, 2.45) is 0 Å². The second-order valence-corrected chi connectivity index (χ2v) is 8.99. The van der Waals surface area contributed by atoms with Crippen molar-refractivity contribution in [3.05, 3.63) is 46.1 Å². The first-order valence-electron chi connectivity index (χ1n) is 8.78. The molecule has 0 spiro atoms. The molecule has 26 heavy (non-hydrogen) atoms. The highest BCUT2D eigenvalue weighted by atomic mass is 32.2. The van der Waals surface area contributed by atoms with E-state index in [2.05, 4.69) is 19.2 Å². The number of benzene rings is 1. The number of rotatable bonds is 5. The summed E-state index contributed by atoms with van der Waals surface area (Å²) in [5.74, 6) is 1.78. The maximum atomic E-state index is 12.4. The first-order valence-corrected chi connectivity index (χ1v) is 10.6. The summed E-state index contributed by atoms with van der Waals surface area (Å²) < 4.78 is 0. The maximum absolute atomic E-state index is 12.4. The van der Waals surface area contributed by atoms with Crippen molar-refractivity contribution in [3.63, 3.8) is 0 Å². The van der Waals surface area contributed by atoms with Gasteiger partial charge in [0.25, 0.3) is 0 Å². The molecule has 6 heteroatoms. The Hall–Kier alpha value is -1.92. The van der Waals surface area contributed by atoms with Crippen LogP contribution < -0.4 is 5.32 Å². The zero-order valence-corrected chi connectivity index (χ0v) is 16.8. The van der Waals surface area contributed by atoms with Gasteiger partial charge >= 0.3 is 0 Å². The number of hydrogen-bond donors (Lipinski definition) is 1. The molecule has 2 aromatic heterocycles. The maximum Gasteiger partial charge on any atom is 0.234 e. The third-order valence-corrected chi connectivity index (χ3v) is 6.71. The summed E-state index contributed by atoms with van der Waals surface area (Å²) in [5.41, 5.74) is 3.24. The minimum Gasteiger partial charge on any atom is -0.325 e. The molecule has 1 amide bonds. The normalized spacial score (nSPS) is 14.0. The van der Waals surface area contributed by atoms with Crippen LogP contribution in [0.15, 0.2) is 29.3 Å². The molecule has 0 atom stereocenters. The molecule has 0 aliphatic heterocycles. The van der Waals surface area contributed by atoms with E-state index in [4.69, 9.17) is 9.97 Å². The fourth-order valence-electron chi connectivity index (χ4n) is 2.83. The van der Waals surface area contributed by atoms with Crippen LogP contribution >= 0.6 is 23.1 Å². The second kappa shape index (κ2) is 7.00. The van der Waals surface area contributed by atoms with Crippen LogP contribution in [0.2, 0.25) is 0 Å². The average molecular weight is 384 g/mol. The lowest BCUT2D eigenvalue weighted by atomic mass is 10.2. The van der Waals surface area contributed by atoms with Gasteiger partial charge in [-0.05, 0) is 51.3 Å². The Bertz CT molecular complexity index is 975. The van der Waals surface area contributed by atoms with Crippen molar-refractivity contribution in [1.82, 2.24) is 9.97 Å². The standard InChI is InChI=1S/C20H21N3OS2/c1-11-4-8-15(9-5-11)21-16(24)10-25-19-17-12(2)13(3)26-20(17)23-18(22-19)14-6-7-14/h4-5,8-9,14H,6-7,10H2,1-3H3,(H,21,24). The summed E-state index contributed by atoms with van der Waals surface area (Å²) in [6.45, 7) is 6.27. The van der Waals surface area contributed by atoms with Gasteiger partial charge in [0.2, 0.25) is 5.91 Å². The number of thiophene rings is 1. The smallest absolute Gasteiger partial charge is 0.234 e. The largest absolute Gasteiger partial charge is 0.325 e. The van der Waals surface area contributed by atoms with E-state index < -0.39 is 0 Å². The molecular weight excluding hydrogens is 362 g/mol. The van der Waals surface area contributed by atoms with Crippen molar-refractivity contribution in [2.45, 2.75) is 44.6 Å². The Morgan fingerprint density at radius 2 is 1.92 bits per heavy atom. The summed E-state index contributed by atoms with van der Waals surface area (Å²) in [7, 11) is 0. The molecule has 1 N–H and O–H groups in total. The molecular formula is C20H21N3OS2. The van der Waals surface area contributed by atoms with E-state index in [1.54, 1.807) is 11.3 Å². The Kier molecular flexibility index (Phi) is 4.71. The van der Waals surface area contributed by atoms with Gasteiger partial charge < -0.3 is 5.32 Å². The molecule has 0 bridgehead atoms. The van der Waals surface area contributed by atoms with Crippen LogP contribution in [0, 0.1) is 20.8 Å². The summed E-state index contributed by atoms with van der Waals surface area (Å²) in [4.78, 5) is 24.3. The third-order valence-electron chi connectivity index (χ3n) is 4.63. The number of nitrogens with one attached hydrogen (secondary N) is 1. The predicted molar refractivity (Wildman–Crippen MR) is 109 cm³/mol. The number of carbonyl (C=O) groups is 1. The molecule has 4 nitrogen and oxygen atoms in total. The number of thioether (sulfide) groups is 1. The molecule has 0 unspecified atom stereocenters. The minimum absolute atomic E-state index is 0.0109. The van der Waals surface area contributed by atoms with E-state index in [9.17, 15) is 4.79 Å². The molecule has 2 heterocycles. The lowest BCUT2D eigenvalue weighted by Crippen LogP contribution is -2.14. The lowest BCUT2D eigenvalue weighted by Gasteiger charge is -2.08. The Balaban J connectivity index is 1.54. The molecule has 1 aliphatic rings. The number of aryl methyl sites for hydroxylation is 3. The highest BCUT2D eigenvalue weighted by Gasteiger charge is 2.28. The van der Waals surface area contributed by atoms with Gasteiger partial charge in [-0.1, -0.05) is 29.5 Å². The van der Waals surface area contributed by atoms with Crippen LogP contribution in [-0.2, 0) is 4.79 Å². The Labute approximate surface area is 161 Å². The SMILES string of the molecule is Cc1ccc(NC(=O)CSc2nc(C3CC3)nc3sc(C)c(C)c23)cc1. The molecule has 134 valence electrons. The average Bonchev–Trinajstić information content (AvgIpc) is 3.42. The van der Waals surface area contributed by atoms with Gasteiger partial charge in [0.1, 0.15) is 15.7 Å². The van der Waals surface area contributed by atoms with Crippen LogP contribution in [0.4, 0.5) is 5.69 Å². The van der Waals surface area contributed by atoms with Crippen LogP contribution in [0.1, 0.15) is 40.6 Å². The van der Waals surface area contributed by atoms with E-state index in [1.807, 2.05) is 31.2 Å². The van der Waals surface area contributed by atoms with Crippen molar-refractivity contribution in [2.75, 3.05) is 11.1 Å². The van der Waals surface area contributed by atoms with E-state index in [0.717, 1.165) is 26.8 Å². The minimum atomic E-state index is -0.0109. The van der Waals surface area contributed by atoms with Gasteiger partial charge in [-0.3, -0.25) is 4.79 Å². The fraction of sp³-hybridized carbons (Fsp3) is 0.350. The summed E-state index contributed by atoms with van der Waals surface area (Å²) in [5, 5.41) is 5.01. The summed E-state index contributed by atoms with van der Waals surface area (Å²) in [6.07, 6.45) is 2.35. The third kappa shape index (κ3) is 3.62. The number of amides is 1. The summed E-state index contributed by atoms with van der Waals surface area (Å²) in [6, 6.07) is 7.85. The monoisotopic (exact) mass is 383 g/mol. The quantitative estimate of drug-likeness (QED) is 0.484. The number of carbonyl (C=O) groups excluding carboxylic acids is 1. The Morgan fingerprint density at radius 3 is 2.62 bits per heavy atom. The molecule has 0 saturated heterocycles. The van der Waals surface area contributed by atoms with Crippen molar-refractivity contribution in [3.8, 4) is 0 Å². The predicted octanol–water partition coefficient (Wildman–Crippen LogP) is 5.22. The topological polar surface area (TPSA) is 54.9 Å². The number of anilines is 1. The first-order chi connectivity index (χ1) is 12.5. The number of fused-ring (bicyclic) bond motifs is 1. The van der Waals surface area contributed by atoms with Crippen LogP contribution in [-0.4, -0.2) is 21.6 Å². The molecule has 1 aliphatic carbocycles. The van der Waals surface area contributed by atoms with E-state index in [0.29, 0.717) is 11.7 Å². The van der Waals surface area contributed by atoms with Crippen LogP contribution in [0.5, 0.6) is 0 Å². The zero-order chi connectivity index (χ0) is 18.3. The van der Waals surface area contributed by atoms with E-state index in [1.165, 1.54) is 40.6 Å². The summed E-state index contributed by atoms with van der Waals surface area (Å²) >= 11 is 3.24. The molecule has 0 radical (unpaired) electrons. The van der Waals surface area contributed by atoms with Crippen molar-refractivity contribution >= 4 is 44.9 Å². The van der Waals surface area contributed by atoms with Crippen molar-refractivity contribution in [1.29, 1.82) is 0 Å². The van der Waals surface area contributed by atoms with Gasteiger partial charge in [-0.15, -0.1) is 11.3 Å². The molecule has 1 aromatic carbocycles. The van der Waals surface area contributed by atoms with Gasteiger partial charge in [-0.2, -0.15) is 0 Å². The Morgan fingerprint density at radius 1 is 1.19 bits per heavy atom. The van der Waals surface area contributed by atoms with Crippen molar-refractivity contribution < 1.29 is 4.79 Å². The molecule has 3 aromatic rings. The van der Waals surface area contributed by atoms with Gasteiger partial charge in [0.05, 0.1) is 5.75 Å². The van der Waals surface area contributed by atoms with E-state index in [-0.39, 0.29) is 5.91 Å². The lowest BCUT2D eigenvalue weighted by molar-refractivity contribution is -0.113. The number of aromatic nitrogens is 2. The van der Waals surface area contributed by atoms with Crippen LogP contribution in [0.25, 0.3) is 10.2 Å².